The molecule has 0 saturated heterocycles. The van der Waals surface area contributed by atoms with Gasteiger partial charge in [0.2, 0.25) is 5.91 Å². The molecule has 1 amide bonds. The van der Waals surface area contributed by atoms with Crippen molar-refractivity contribution in [2.45, 2.75) is 24.9 Å². The normalized spacial score (nSPS) is 11.1. The van der Waals surface area contributed by atoms with Gasteiger partial charge < -0.3 is 5.32 Å². The summed E-state index contributed by atoms with van der Waals surface area (Å²) in [6, 6.07) is 13.9. The Morgan fingerprint density at radius 3 is 2.74 bits per heavy atom. The number of hydrogen-bond donors (Lipinski definition) is 1. The second-order valence-electron chi connectivity index (χ2n) is 5.65. The highest BCUT2D eigenvalue weighted by Gasteiger charge is 2.08. The minimum Gasteiger partial charge on any atom is -0.325 e. The second-order valence-corrected chi connectivity index (χ2v) is 6.59. The molecule has 0 bridgehead atoms. The van der Waals surface area contributed by atoms with Crippen LogP contribution >= 0.6 is 11.8 Å². The van der Waals surface area contributed by atoms with Gasteiger partial charge >= 0.3 is 0 Å². The number of rotatable bonds is 5. The molecule has 5 heteroatoms. The molecular weight excluding hydrogens is 306 g/mol. The molecular formula is C18H19N3OS. The third-order valence-corrected chi connectivity index (χ3v) is 4.57. The van der Waals surface area contributed by atoms with Crippen LogP contribution in [0.3, 0.4) is 0 Å². The van der Waals surface area contributed by atoms with Crippen LogP contribution in [0.2, 0.25) is 0 Å². The minimum absolute atomic E-state index is 0.0278. The Morgan fingerprint density at radius 2 is 2.00 bits per heavy atom. The molecule has 0 fully saturated rings. The number of anilines is 1. The molecule has 23 heavy (non-hydrogen) atoms. The molecule has 0 spiro atoms. The zero-order valence-electron chi connectivity index (χ0n) is 13.2. The summed E-state index contributed by atoms with van der Waals surface area (Å²) in [7, 11) is 0. The lowest BCUT2D eigenvalue weighted by atomic mass is 10.0. The van der Waals surface area contributed by atoms with Crippen molar-refractivity contribution in [1.29, 1.82) is 0 Å². The predicted octanol–water partition coefficient (Wildman–Crippen LogP) is 4.19. The maximum absolute atomic E-state index is 12.1. The molecule has 2 aromatic heterocycles. The summed E-state index contributed by atoms with van der Waals surface area (Å²) < 4.78 is 1.98. The maximum Gasteiger partial charge on any atom is 0.234 e. The number of aromatic nitrogens is 2. The molecule has 0 unspecified atom stereocenters. The van der Waals surface area contributed by atoms with Crippen LogP contribution in [-0.4, -0.2) is 21.0 Å². The van der Waals surface area contributed by atoms with E-state index in [1.807, 2.05) is 47.1 Å². The molecule has 1 N–H and O–H groups in total. The SMILES string of the molecule is CC(C)c1ccc(NC(=O)CSc2ncc3ccccn23)cc1. The number of fused-ring (bicyclic) bond motifs is 1. The zero-order valence-corrected chi connectivity index (χ0v) is 14.0. The summed E-state index contributed by atoms with van der Waals surface area (Å²) in [6.45, 7) is 4.30. The lowest BCUT2D eigenvalue weighted by molar-refractivity contribution is -0.113. The fourth-order valence-electron chi connectivity index (χ4n) is 2.30. The Bertz CT molecular complexity index is 809. The standard InChI is InChI=1S/C18H19N3OS/c1-13(2)14-6-8-15(9-7-14)20-17(22)12-23-18-19-11-16-5-3-4-10-21(16)18/h3-11,13H,12H2,1-2H3,(H,20,22). The first-order valence-corrected chi connectivity index (χ1v) is 8.57. The third kappa shape index (κ3) is 3.74. The van der Waals surface area contributed by atoms with Gasteiger partial charge in [-0.2, -0.15) is 0 Å². The van der Waals surface area contributed by atoms with E-state index in [4.69, 9.17) is 0 Å². The topological polar surface area (TPSA) is 46.4 Å². The van der Waals surface area contributed by atoms with Crippen LogP contribution in [0.4, 0.5) is 5.69 Å². The fourth-order valence-corrected chi connectivity index (χ4v) is 3.07. The van der Waals surface area contributed by atoms with E-state index in [2.05, 4.69) is 36.3 Å². The van der Waals surface area contributed by atoms with Gasteiger partial charge in [-0.15, -0.1) is 0 Å². The summed E-state index contributed by atoms with van der Waals surface area (Å²) in [5.74, 6) is 0.795. The molecule has 0 aliphatic rings. The predicted molar refractivity (Wildman–Crippen MR) is 95.1 cm³/mol. The number of carbonyl (C=O) groups is 1. The number of nitrogens with one attached hydrogen (secondary N) is 1. The number of pyridine rings is 1. The number of carbonyl (C=O) groups excluding carboxylic acids is 1. The Kier molecular flexibility index (Phi) is 4.67. The molecule has 0 aliphatic carbocycles. The Morgan fingerprint density at radius 1 is 1.22 bits per heavy atom. The molecule has 4 nitrogen and oxygen atoms in total. The van der Waals surface area contributed by atoms with Crippen LogP contribution < -0.4 is 5.32 Å². The van der Waals surface area contributed by atoms with Gasteiger partial charge in [0.1, 0.15) is 0 Å². The zero-order chi connectivity index (χ0) is 16.2. The molecule has 118 valence electrons. The summed E-state index contributed by atoms with van der Waals surface area (Å²) in [4.78, 5) is 16.4. The quantitative estimate of drug-likeness (QED) is 0.716. The van der Waals surface area contributed by atoms with Crippen molar-refractivity contribution in [3.8, 4) is 0 Å². The molecule has 3 rings (SSSR count). The van der Waals surface area contributed by atoms with Crippen molar-refractivity contribution in [2.24, 2.45) is 0 Å². The van der Waals surface area contributed by atoms with E-state index in [1.54, 1.807) is 0 Å². The highest BCUT2D eigenvalue weighted by atomic mass is 32.2. The van der Waals surface area contributed by atoms with Gasteiger partial charge in [0, 0.05) is 11.9 Å². The Balaban J connectivity index is 1.59. The first-order valence-electron chi connectivity index (χ1n) is 7.58. The van der Waals surface area contributed by atoms with E-state index >= 15 is 0 Å². The Hall–Kier alpha value is -2.27. The molecule has 2 heterocycles. The lowest BCUT2D eigenvalue weighted by Crippen LogP contribution is -2.14. The van der Waals surface area contributed by atoms with Crippen molar-refractivity contribution < 1.29 is 4.79 Å². The van der Waals surface area contributed by atoms with Crippen molar-refractivity contribution in [1.82, 2.24) is 9.38 Å². The van der Waals surface area contributed by atoms with Gasteiger partial charge in [-0.1, -0.05) is 43.8 Å². The van der Waals surface area contributed by atoms with Crippen molar-refractivity contribution in [3.05, 3.63) is 60.4 Å². The average Bonchev–Trinajstić information content (AvgIpc) is 2.97. The summed E-state index contributed by atoms with van der Waals surface area (Å²) >= 11 is 1.43. The van der Waals surface area contributed by atoms with E-state index in [-0.39, 0.29) is 5.91 Å². The number of hydrogen-bond acceptors (Lipinski definition) is 3. The van der Waals surface area contributed by atoms with Crippen molar-refractivity contribution >= 4 is 28.9 Å². The highest BCUT2D eigenvalue weighted by molar-refractivity contribution is 7.99. The van der Waals surface area contributed by atoms with E-state index in [9.17, 15) is 4.79 Å². The number of nitrogens with zero attached hydrogens (tertiary/aromatic N) is 2. The number of benzene rings is 1. The van der Waals surface area contributed by atoms with Gasteiger partial charge in [-0.25, -0.2) is 4.98 Å². The largest absolute Gasteiger partial charge is 0.325 e. The van der Waals surface area contributed by atoms with E-state index < -0.39 is 0 Å². The summed E-state index contributed by atoms with van der Waals surface area (Å²) in [5, 5.41) is 3.75. The van der Waals surface area contributed by atoms with E-state index in [0.717, 1.165) is 16.4 Å². The third-order valence-electron chi connectivity index (χ3n) is 3.60. The number of imidazole rings is 1. The highest BCUT2D eigenvalue weighted by Crippen LogP contribution is 2.20. The van der Waals surface area contributed by atoms with Crippen molar-refractivity contribution in [3.63, 3.8) is 0 Å². The molecule has 3 aromatic rings. The molecule has 0 saturated carbocycles. The number of thioether (sulfide) groups is 1. The molecule has 0 radical (unpaired) electrons. The first-order chi connectivity index (χ1) is 11.1. The monoisotopic (exact) mass is 325 g/mol. The van der Waals surface area contributed by atoms with Crippen LogP contribution in [0.25, 0.3) is 5.52 Å². The van der Waals surface area contributed by atoms with E-state index in [0.29, 0.717) is 11.7 Å². The Labute approximate surface area is 139 Å². The van der Waals surface area contributed by atoms with Gasteiger partial charge in [-0.3, -0.25) is 9.20 Å². The smallest absolute Gasteiger partial charge is 0.234 e. The van der Waals surface area contributed by atoms with Gasteiger partial charge in [0.25, 0.3) is 0 Å². The summed E-state index contributed by atoms with van der Waals surface area (Å²) in [5.41, 5.74) is 3.12. The van der Waals surface area contributed by atoms with Crippen LogP contribution in [0.15, 0.2) is 60.0 Å². The second kappa shape index (κ2) is 6.87. The van der Waals surface area contributed by atoms with Gasteiger partial charge in [0.05, 0.1) is 17.5 Å². The maximum atomic E-state index is 12.1. The van der Waals surface area contributed by atoms with Crippen molar-refractivity contribution in [2.75, 3.05) is 11.1 Å². The fraction of sp³-hybridized carbons (Fsp3) is 0.222. The van der Waals surface area contributed by atoms with Crippen LogP contribution in [0.5, 0.6) is 0 Å². The van der Waals surface area contributed by atoms with Gasteiger partial charge in [0.15, 0.2) is 5.16 Å². The van der Waals surface area contributed by atoms with Crippen LogP contribution in [0, 0.1) is 0 Å². The first kappa shape index (κ1) is 15.6. The average molecular weight is 325 g/mol. The molecule has 0 aliphatic heterocycles. The van der Waals surface area contributed by atoms with Crippen LogP contribution in [0.1, 0.15) is 25.3 Å². The lowest BCUT2D eigenvalue weighted by Gasteiger charge is -2.08. The van der Waals surface area contributed by atoms with Gasteiger partial charge in [-0.05, 0) is 35.7 Å². The molecule has 1 aromatic carbocycles. The number of amides is 1. The van der Waals surface area contributed by atoms with Crippen LogP contribution in [-0.2, 0) is 4.79 Å². The minimum atomic E-state index is -0.0278. The van der Waals surface area contributed by atoms with E-state index in [1.165, 1.54) is 17.3 Å². The summed E-state index contributed by atoms with van der Waals surface area (Å²) in [6.07, 6.45) is 3.76. The molecule has 0 atom stereocenters.